The molecule has 8 heteroatoms. The molecule has 0 fully saturated rings. The maximum absolute atomic E-state index is 12.5. The number of amides is 1. The van der Waals surface area contributed by atoms with Crippen LogP contribution in [0.15, 0.2) is 54.2 Å². The summed E-state index contributed by atoms with van der Waals surface area (Å²) in [6, 6.07) is 10.1. The topological polar surface area (TPSA) is 98.2 Å². The summed E-state index contributed by atoms with van der Waals surface area (Å²) in [6.45, 7) is 2.94. The first-order valence-electron chi connectivity index (χ1n) is 8.88. The predicted molar refractivity (Wildman–Crippen MR) is 110 cm³/mol. The van der Waals surface area contributed by atoms with Gasteiger partial charge in [-0.2, -0.15) is 0 Å². The molecule has 3 aromatic rings. The Hall–Kier alpha value is -3.39. The molecule has 0 aliphatic rings. The van der Waals surface area contributed by atoms with Gasteiger partial charge in [0.05, 0.1) is 12.1 Å². The molecule has 2 aromatic heterocycles. The summed E-state index contributed by atoms with van der Waals surface area (Å²) in [7, 11) is 0. The summed E-state index contributed by atoms with van der Waals surface area (Å²) in [5.74, 6) is -1.04. The van der Waals surface area contributed by atoms with E-state index < -0.39 is 12.1 Å². The number of carbonyl (C=O) groups is 3. The lowest BCUT2D eigenvalue weighted by Gasteiger charge is -2.12. The predicted octanol–water partition coefficient (Wildman–Crippen LogP) is 3.52. The molecule has 0 saturated carbocycles. The van der Waals surface area contributed by atoms with Crippen LogP contribution in [0.5, 0.6) is 0 Å². The van der Waals surface area contributed by atoms with Crippen molar-refractivity contribution in [3.05, 3.63) is 65.4 Å². The summed E-state index contributed by atoms with van der Waals surface area (Å²) in [5, 5.41) is 5.18. The fraction of sp³-hybridized carbons (Fsp3) is 0.190. The zero-order valence-electron chi connectivity index (χ0n) is 15.9. The molecule has 0 saturated heterocycles. The summed E-state index contributed by atoms with van der Waals surface area (Å²) in [5.41, 5.74) is 2.44. The molecule has 2 heterocycles. The van der Waals surface area contributed by atoms with Gasteiger partial charge in [-0.1, -0.05) is 0 Å². The Balaban J connectivity index is 1.57. The number of nitrogens with zero attached hydrogens (tertiary/aromatic N) is 2. The minimum absolute atomic E-state index is 0.0180. The van der Waals surface area contributed by atoms with Gasteiger partial charge in [0.1, 0.15) is 5.01 Å². The maximum atomic E-state index is 12.5. The minimum atomic E-state index is -0.925. The van der Waals surface area contributed by atoms with Crippen LogP contribution < -0.4 is 5.32 Å². The van der Waals surface area contributed by atoms with E-state index in [1.165, 1.54) is 25.2 Å². The summed E-state index contributed by atoms with van der Waals surface area (Å²) in [6.07, 6.45) is 2.45. The van der Waals surface area contributed by atoms with Crippen LogP contribution in [-0.4, -0.2) is 33.7 Å². The van der Waals surface area contributed by atoms with Crippen LogP contribution in [0.25, 0.3) is 10.6 Å². The number of hydrogen-bond acceptors (Lipinski definition) is 7. The van der Waals surface area contributed by atoms with E-state index in [4.69, 9.17) is 4.74 Å². The van der Waals surface area contributed by atoms with Crippen molar-refractivity contribution < 1.29 is 19.1 Å². The Morgan fingerprint density at radius 3 is 2.59 bits per heavy atom. The van der Waals surface area contributed by atoms with Crippen molar-refractivity contribution in [1.29, 1.82) is 0 Å². The molecule has 0 spiro atoms. The highest BCUT2D eigenvalue weighted by atomic mass is 32.1. The number of rotatable bonds is 7. The second-order valence-electron chi connectivity index (χ2n) is 6.32. The second kappa shape index (κ2) is 9.20. The maximum Gasteiger partial charge on any atom is 0.312 e. The average molecular weight is 409 g/mol. The first kappa shape index (κ1) is 20.3. The van der Waals surface area contributed by atoms with Crippen molar-refractivity contribution in [3.63, 3.8) is 0 Å². The number of benzene rings is 1. The van der Waals surface area contributed by atoms with Gasteiger partial charge in [0, 0.05) is 41.5 Å². The van der Waals surface area contributed by atoms with Crippen molar-refractivity contribution in [2.75, 3.05) is 5.32 Å². The molecule has 3 rings (SSSR count). The quantitative estimate of drug-likeness (QED) is 0.474. The molecule has 0 aliphatic carbocycles. The Labute approximate surface area is 171 Å². The van der Waals surface area contributed by atoms with E-state index in [0.717, 1.165) is 10.6 Å². The summed E-state index contributed by atoms with van der Waals surface area (Å²) >= 11 is 1.42. The number of Topliss-reactive ketones (excluding diaryl/α,β-unsaturated/α-hetero) is 1. The lowest BCUT2D eigenvalue weighted by atomic mass is 10.1. The lowest BCUT2D eigenvalue weighted by molar-refractivity contribution is -0.145. The molecular formula is C21H19N3O4S. The van der Waals surface area contributed by atoms with Gasteiger partial charge in [0.25, 0.3) is 0 Å². The van der Waals surface area contributed by atoms with E-state index >= 15 is 0 Å². The smallest absolute Gasteiger partial charge is 0.312 e. The third-order valence-corrected chi connectivity index (χ3v) is 4.89. The first-order valence-corrected chi connectivity index (χ1v) is 9.76. The van der Waals surface area contributed by atoms with Crippen LogP contribution in [-0.2, 0) is 20.7 Å². The molecule has 1 atom stereocenters. The molecule has 0 radical (unpaired) electrons. The molecule has 0 bridgehead atoms. The molecule has 0 unspecified atom stereocenters. The molecule has 1 aromatic carbocycles. The van der Waals surface area contributed by atoms with Gasteiger partial charge in [-0.05, 0) is 43.3 Å². The van der Waals surface area contributed by atoms with Crippen LogP contribution in [0.1, 0.15) is 29.9 Å². The fourth-order valence-corrected chi connectivity index (χ4v) is 3.42. The number of pyridine rings is 1. The molecule has 7 nitrogen and oxygen atoms in total. The van der Waals surface area contributed by atoms with E-state index in [9.17, 15) is 14.4 Å². The number of esters is 1. The second-order valence-corrected chi connectivity index (χ2v) is 7.18. The largest absolute Gasteiger partial charge is 0.454 e. The number of hydrogen-bond donors (Lipinski definition) is 1. The van der Waals surface area contributed by atoms with Gasteiger partial charge >= 0.3 is 5.97 Å². The standard InChI is InChI=1S/C21H19N3O4S/c1-13(20(27)15-5-7-17(8-6-15)23-14(2)25)28-19(26)10-18-12-29-21(24-18)16-4-3-9-22-11-16/h3-9,11-13H,10H2,1-2H3,(H,23,25)/t13-/m1/s1. The van der Waals surface area contributed by atoms with Crippen molar-refractivity contribution in [3.8, 4) is 10.6 Å². The van der Waals surface area contributed by atoms with Gasteiger partial charge in [0.2, 0.25) is 11.7 Å². The van der Waals surface area contributed by atoms with Gasteiger partial charge in [0.15, 0.2) is 6.10 Å². The third-order valence-electron chi connectivity index (χ3n) is 3.95. The SMILES string of the molecule is CC(=O)Nc1ccc(C(=O)[C@@H](C)OC(=O)Cc2csc(-c3cccnc3)n2)cc1. The first-order chi connectivity index (χ1) is 13.9. The van der Waals surface area contributed by atoms with Crippen molar-refractivity contribution >= 4 is 34.7 Å². The Morgan fingerprint density at radius 2 is 1.93 bits per heavy atom. The summed E-state index contributed by atoms with van der Waals surface area (Å²) < 4.78 is 5.27. The molecule has 1 amide bonds. The summed E-state index contributed by atoms with van der Waals surface area (Å²) in [4.78, 5) is 44.2. The Bertz CT molecular complexity index is 1020. The Kier molecular flexibility index (Phi) is 6.46. The fourth-order valence-electron chi connectivity index (χ4n) is 2.61. The lowest BCUT2D eigenvalue weighted by Crippen LogP contribution is -2.25. The third kappa shape index (κ3) is 5.55. The van der Waals surface area contributed by atoms with Crippen LogP contribution >= 0.6 is 11.3 Å². The highest BCUT2D eigenvalue weighted by Gasteiger charge is 2.20. The Morgan fingerprint density at radius 1 is 1.17 bits per heavy atom. The molecule has 0 aliphatic heterocycles. The van der Waals surface area contributed by atoms with Crippen molar-refractivity contribution in [1.82, 2.24) is 9.97 Å². The minimum Gasteiger partial charge on any atom is -0.454 e. The van der Waals surface area contributed by atoms with E-state index in [-0.39, 0.29) is 18.1 Å². The molecular weight excluding hydrogens is 390 g/mol. The average Bonchev–Trinajstić information content (AvgIpc) is 3.16. The number of thiazole rings is 1. The zero-order valence-corrected chi connectivity index (χ0v) is 16.7. The number of ketones is 1. The van der Waals surface area contributed by atoms with Crippen molar-refractivity contribution in [2.24, 2.45) is 0 Å². The van der Waals surface area contributed by atoms with Gasteiger partial charge in [-0.3, -0.25) is 19.4 Å². The molecule has 1 N–H and O–H groups in total. The van der Waals surface area contributed by atoms with Gasteiger partial charge in [-0.25, -0.2) is 4.98 Å². The monoisotopic (exact) mass is 409 g/mol. The van der Waals surface area contributed by atoms with Crippen LogP contribution in [0.4, 0.5) is 5.69 Å². The van der Waals surface area contributed by atoms with E-state index in [1.54, 1.807) is 42.0 Å². The van der Waals surface area contributed by atoms with Crippen LogP contribution in [0.3, 0.4) is 0 Å². The van der Waals surface area contributed by atoms with Crippen LogP contribution in [0.2, 0.25) is 0 Å². The zero-order chi connectivity index (χ0) is 20.8. The molecule has 29 heavy (non-hydrogen) atoms. The normalized spacial score (nSPS) is 11.5. The van der Waals surface area contributed by atoms with E-state index in [1.807, 2.05) is 12.1 Å². The number of anilines is 1. The van der Waals surface area contributed by atoms with E-state index in [2.05, 4.69) is 15.3 Å². The van der Waals surface area contributed by atoms with Gasteiger partial charge in [-0.15, -0.1) is 11.3 Å². The highest BCUT2D eigenvalue weighted by Crippen LogP contribution is 2.23. The van der Waals surface area contributed by atoms with Crippen LogP contribution in [0, 0.1) is 0 Å². The number of ether oxygens (including phenoxy) is 1. The number of nitrogens with one attached hydrogen (secondary N) is 1. The number of carbonyl (C=O) groups excluding carboxylic acids is 3. The van der Waals surface area contributed by atoms with E-state index in [0.29, 0.717) is 16.9 Å². The molecule has 148 valence electrons. The highest BCUT2D eigenvalue weighted by molar-refractivity contribution is 7.13. The number of aromatic nitrogens is 2. The van der Waals surface area contributed by atoms with Crippen molar-refractivity contribution in [2.45, 2.75) is 26.4 Å². The van der Waals surface area contributed by atoms with Gasteiger partial charge < -0.3 is 10.1 Å².